The molecule has 130 valence electrons. The Bertz CT molecular complexity index is 903. The topological polar surface area (TPSA) is 46.8 Å². The number of pyridine rings is 1. The highest BCUT2D eigenvalue weighted by Gasteiger charge is 2.19. The number of carbonyl (C=O) groups excluding carboxylic acids is 1. The number of imidazole rings is 1. The van der Waals surface area contributed by atoms with E-state index in [-0.39, 0.29) is 5.91 Å². The number of hydrogen-bond donors (Lipinski definition) is 0. The number of rotatable bonds is 5. The number of benzene rings is 1. The molecule has 0 aliphatic rings. The summed E-state index contributed by atoms with van der Waals surface area (Å²) >= 11 is 5.91. The van der Waals surface area contributed by atoms with Crippen LogP contribution in [0.15, 0.2) is 42.6 Å². The van der Waals surface area contributed by atoms with E-state index < -0.39 is 0 Å². The lowest BCUT2D eigenvalue weighted by atomic mass is 10.2. The third-order valence-electron chi connectivity index (χ3n) is 4.09. The Balaban J connectivity index is 1.96. The maximum Gasteiger partial charge on any atom is 0.224 e. The highest BCUT2D eigenvalue weighted by Crippen LogP contribution is 2.28. The standard InChI is InChI=1S/C19H20ClN3O2/c1-4-16-19(22(3)13(2)24)23-11-5-6-17(18(23)21-16)25-12-14-7-9-15(20)10-8-14/h5-11H,4,12H2,1-3H3. The molecule has 0 atom stereocenters. The third-order valence-corrected chi connectivity index (χ3v) is 4.34. The van der Waals surface area contributed by atoms with Crippen molar-refractivity contribution in [1.82, 2.24) is 9.38 Å². The molecule has 0 bridgehead atoms. The Morgan fingerprint density at radius 2 is 2.00 bits per heavy atom. The van der Waals surface area contributed by atoms with Crippen LogP contribution in [0.5, 0.6) is 5.75 Å². The van der Waals surface area contributed by atoms with Gasteiger partial charge in [0.1, 0.15) is 12.4 Å². The van der Waals surface area contributed by atoms with Gasteiger partial charge in [0.15, 0.2) is 11.4 Å². The fourth-order valence-electron chi connectivity index (χ4n) is 2.67. The summed E-state index contributed by atoms with van der Waals surface area (Å²) in [6.45, 7) is 3.98. The van der Waals surface area contributed by atoms with E-state index in [1.165, 1.54) is 0 Å². The van der Waals surface area contributed by atoms with E-state index in [1.54, 1.807) is 18.9 Å². The molecule has 0 fully saturated rings. The number of ether oxygens (including phenoxy) is 1. The van der Waals surface area contributed by atoms with Gasteiger partial charge >= 0.3 is 0 Å². The van der Waals surface area contributed by atoms with Gasteiger partial charge < -0.3 is 4.74 Å². The van der Waals surface area contributed by atoms with Gasteiger partial charge in [0.2, 0.25) is 5.91 Å². The minimum atomic E-state index is -0.0380. The van der Waals surface area contributed by atoms with Crippen molar-refractivity contribution in [2.24, 2.45) is 0 Å². The average Bonchev–Trinajstić information content (AvgIpc) is 2.99. The fraction of sp³-hybridized carbons (Fsp3) is 0.263. The Labute approximate surface area is 151 Å². The first kappa shape index (κ1) is 17.3. The largest absolute Gasteiger partial charge is 0.485 e. The molecule has 0 aliphatic heterocycles. The summed E-state index contributed by atoms with van der Waals surface area (Å²) in [6, 6.07) is 11.3. The van der Waals surface area contributed by atoms with Gasteiger partial charge in [-0.15, -0.1) is 0 Å². The molecule has 0 N–H and O–H groups in total. The second-order valence-corrected chi connectivity index (χ2v) is 6.23. The number of aromatic nitrogens is 2. The number of anilines is 1. The lowest BCUT2D eigenvalue weighted by Gasteiger charge is -2.16. The number of fused-ring (bicyclic) bond motifs is 1. The fourth-order valence-corrected chi connectivity index (χ4v) is 2.80. The molecule has 1 amide bonds. The van der Waals surface area contributed by atoms with Crippen LogP contribution >= 0.6 is 11.6 Å². The van der Waals surface area contributed by atoms with Gasteiger partial charge in [-0.3, -0.25) is 14.1 Å². The first-order valence-corrected chi connectivity index (χ1v) is 8.50. The monoisotopic (exact) mass is 357 g/mol. The maximum atomic E-state index is 11.8. The summed E-state index contributed by atoms with van der Waals surface area (Å²) in [5, 5.41) is 0.698. The zero-order valence-corrected chi connectivity index (χ0v) is 15.2. The van der Waals surface area contributed by atoms with Gasteiger partial charge in [0.25, 0.3) is 0 Å². The van der Waals surface area contributed by atoms with Crippen LogP contribution in [-0.2, 0) is 17.8 Å². The van der Waals surface area contributed by atoms with Crippen molar-refractivity contribution in [3.05, 3.63) is 58.9 Å². The molecule has 0 radical (unpaired) electrons. The third kappa shape index (κ3) is 3.46. The van der Waals surface area contributed by atoms with Crippen molar-refractivity contribution < 1.29 is 9.53 Å². The minimum Gasteiger partial charge on any atom is -0.485 e. The van der Waals surface area contributed by atoms with Crippen LogP contribution in [0.3, 0.4) is 0 Å². The van der Waals surface area contributed by atoms with Crippen molar-refractivity contribution in [2.75, 3.05) is 11.9 Å². The van der Waals surface area contributed by atoms with Crippen molar-refractivity contribution in [3.8, 4) is 5.75 Å². The van der Waals surface area contributed by atoms with Crippen LogP contribution in [0.2, 0.25) is 5.02 Å². The van der Waals surface area contributed by atoms with Gasteiger partial charge in [-0.25, -0.2) is 4.98 Å². The highest BCUT2D eigenvalue weighted by molar-refractivity contribution is 6.30. The second-order valence-electron chi connectivity index (χ2n) is 5.79. The van der Waals surface area contributed by atoms with Crippen molar-refractivity contribution in [2.45, 2.75) is 26.9 Å². The quantitative estimate of drug-likeness (QED) is 0.690. The SMILES string of the molecule is CCc1nc2c(OCc3ccc(Cl)cc3)cccn2c1N(C)C(C)=O. The van der Waals surface area contributed by atoms with Crippen LogP contribution in [-0.4, -0.2) is 22.3 Å². The molecule has 3 rings (SSSR count). The molecular formula is C19H20ClN3O2. The summed E-state index contributed by atoms with van der Waals surface area (Å²) in [7, 11) is 1.76. The Kier molecular flexibility index (Phi) is 4.95. The van der Waals surface area contributed by atoms with Gasteiger partial charge in [0, 0.05) is 25.2 Å². The molecule has 0 saturated carbocycles. The van der Waals surface area contributed by atoms with Crippen LogP contribution in [0.4, 0.5) is 5.82 Å². The summed E-state index contributed by atoms with van der Waals surface area (Å²) in [4.78, 5) is 18.1. The number of hydrogen-bond acceptors (Lipinski definition) is 3. The summed E-state index contributed by atoms with van der Waals surface area (Å²) in [5.41, 5.74) is 2.59. The molecule has 25 heavy (non-hydrogen) atoms. The van der Waals surface area contributed by atoms with Crippen molar-refractivity contribution >= 4 is 29.0 Å². The molecule has 0 spiro atoms. The highest BCUT2D eigenvalue weighted by atomic mass is 35.5. The Hall–Kier alpha value is -2.53. The van der Waals surface area contributed by atoms with Gasteiger partial charge in [-0.1, -0.05) is 30.7 Å². The number of amides is 1. The van der Waals surface area contributed by atoms with E-state index in [9.17, 15) is 4.79 Å². The van der Waals surface area contributed by atoms with E-state index in [1.807, 2.05) is 53.9 Å². The van der Waals surface area contributed by atoms with Crippen LogP contribution in [0.25, 0.3) is 5.65 Å². The summed E-state index contributed by atoms with van der Waals surface area (Å²) < 4.78 is 7.87. The molecule has 3 aromatic rings. The van der Waals surface area contributed by atoms with Gasteiger partial charge in [0.05, 0.1) is 5.69 Å². The van der Waals surface area contributed by atoms with Gasteiger partial charge in [-0.05, 0) is 36.2 Å². The van der Waals surface area contributed by atoms with E-state index in [4.69, 9.17) is 16.3 Å². The van der Waals surface area contributed by atoms with E-state index in [2.05, 4.69) is 4.98 Å². The van der Waals surface area contributed by atoms with Crippen molar-refractivity contribution in [1.29, 1.82) is 0 Å². The molecule has 0 saturated heterocycles. The van der Waals surface area contributed by atoms with E-state index >= 15 is 0 Å². The smallest absolute Gasteiger partial charge is 0.224 e. The summed E-state index contributed by atoms with van der Waals surface area (Å²) in [6.07, 6.45) is 2.62. The maximum absolute atomic E-state index is 11.8. The van der Waals surface area contributed by atoms with Crippen molar-refractivity contribution in [3.63, 3.8) is 0 Å². The molecule has 2 aromatic heterocycles. The average molecular weight is 358 g/mol. The zero-order chi connectivity index (χ0) is 18.0. The molecular weight excluding hydrogens is 338 g/mol. The predicted molar refractivity (Wildman–Crippen MR) is 99.4 cm³/mol. The molecule has 0 unspecified atom stereocenters. The lowest BCUT2D eigenvalue weighted by molar-refractivity contribution is -0.116. The first-order valence-electron chi connectivity index (χ1n) is 8.12. The van der Waals surface area contributed by atoms with E-state index in [0.29, 0.717) is 23.0 Å². The Morgan fingerprint density at radius 1 is 1.28 bits per heavy atom. The number of halogens is 1. The van der Waals surface area contributed by atoms with Gasteiger partial charge in [-0.2, -0.15) is 0 Å². The molecule has 0 aliphatic carbocycles. The molecule has 1 aromatic carbocycles. The normalized spacial score (nSPS) is 10.9. The summed E-state index contributed by atoms with van der Waals surface area (Å²) in [5.74, 6) is 1.42. The Morgan fingerprint density at radius 3 is 2.64 bits per heavy atom. The van der Waals surface area contributed by atoms with Crippen LogP contribution in [0.1, 0.15) is 25.1 Å². The molecule has 6 heteroatoms. The predicted octanol–water partition coefficient (Wildman–Crippen LogP) is 4.11. The van der Waals surface area contributed by atoms with Crippen LogP contribution in [0, 0.1) is 0 Å². The molecule has 5 nitrogen and oxygen atoms in total. The number of nitrogens with zero attached hydrogens (tertiary/aromatic N) is 3. The lowest BCUT2D eigenvalue weighted by Crippen LogP contribution is -2.25. The van der Waals surface area contributed by atoms with Crippen LogP contribution < -0.4 is 9.64 Å². The second kappa shape index (κ2) is 7.15. The zero-order valence-electron chi connectivity index (χ0n) is 14.5. The van der Waals surface area contributed by atoms with E-state index in [0.717, 1.165) is 23.5 Å². The number of aryl methyl sites for hydroxylation is 1. The minimum absolute atomic E-state index is 0.0380. The number of carbonyl (C=O) groups is 1. The first-order chi connectivity index (χ1) is 12.0. The molecule has 2 heterocycles.